The van der Waals surface area contributed by atoms with Crippen molar-refractivity contribution in [2.75, 3.05) is 0 Å². The second-order valence-corrected chi connectivity index (χ2v) is 4.95. The van der Waals surface area contributed by atoms with Crippen LogP contribution in [0.5, 0.6) is 5.75 Å². The Morgan fingerprint density at radius 1 is 1.14 bits per heavy atom. The van der Waals surface area contributed by atoms with Gasteiger partial charge in [-0.05, 0) is 30.3 Å². The minimum atomic E-state index is 0.183. The van der Waals surface area contributed by atoms with E-state index in [0.29, 0.717) is 33.2 Å². The average molecular weight is 322 g/mol. The fourth-order valence-corrected chi connectivity index (χ4v) is 2.02. The Hall–Kier alpha value is -2.11. The number of benzene rings is 1. The highest BCUT2D eigenvalue weighted by atomic mass is 35.5. The van der Waals surface area contributed by atoms with Crippen molar-refractivity contribution in [3.05, 3.63) is 58.6 Å². The van der Waals surface area contributed by atoms with E-state index < -0.39 is 0 Å². The van der Waals surface area contributed by atoms with Gasteiger partial charge in [0.15, 0.2) is 6.61 Å². The summed E-state index contributed by atoms with van der Waals surface area (Å²) >= 11 is 11.7. The van der Waals surface area contributed by atoms with Crippen LogP contribution in [-0.4, -0.2) is 15.1 Å². The van der Waals surface area contributed by atoms with E-state index in [0.717, 1.165) is 0 Å². The summed E-state index contributed by atoms with van der Waals surface area (Å²) in [4.78, 5) is 8.13. The maximum Gasteiger partial charge on any atom is 0.258 e. The van der Waals surface area contributed by atoms with E-state index in [2.05, 4.69) is 15.1 Å². The number of hydrogen-bond donors (Lipinski definition) is 0. The molecule has 106 valence electrons. The van der Waals surface area contributed by atoms with Gasteiger partial charge >= 0.3 is 0 Å². The van der Waals surface area contributed by atoms with Crippen LogP contribution in [0.4, 0.5) is 0 Å². The summed E-state index contributed by atoms with van der Waals surface area (Å²) in [7, 11) is 0. The first-order chi connectivity index (χ1) is 10.2. The largest absolute Gasteiger partial charge is 0.485 e. The van der Waals surface area contributed by atoms with Gasteiger partial charge < -0.3 is 9.26 Å². The Balaban J connectivity index is 1.71. The second kappa shape index (κ2) is 6.11. The van der Waals surface area contributed by atoms with Gasteiger partial charge in [-0.1, -0.05) is 34.4 Å². The molecule has 21 heavy (non-hydrogen) atoms. The van der Waals surface area contributed by atoms with Crippen molar-refractivity contribution in [1.29, 1.82) is 0 Å². The second-order valence-electron chi connectivity index (χ2n) is 4.13. The fourth-order valence-electron chi connectivity index (χ4n) is 1.67. The van der Waals surface area contributed by atoms with E-state index in [9.17, 15) is 0 Å². The van der Waals surface area contributed by atoms with Crippen molar-refractivity contribution in [1.82, 2.24) is 15.1 Å². The van der Waals surface area contributed by atoms with Crippen molar-refractivity contribution in [2.24, 2.45) is 0 Å². The summed E-state index contributed by atoms with van der Waals surface area (Å²) in [5.74, 6) is 1.43. The van der Waals surface area contributed by atoms with Crippen LogP contribution in [0.1, 0.15) is 5.82 Å². The third-order valence-corrected chi connectivity index (χ3v) is 3.05. The highest BCUT2D eigenvalue weighted by Crippen LogP contribution is 2.21. The van der Waals surface area contributed by atoms with E-state index in [1.54, 1.807) is 42.6 Å². The molecule has 0 bridgehead atoms. The SMILES string of the molecule is Clc1cccc(OCc2noc(-c3ccnc(Cl)c3)n2)c1. The van der Waals surface area contributed by atoms with Crippen LogP contribution in [0.3, 0.4) is 0 Å². The van der Waals surface area contributed by atoms with Crippen LogP contribution in [-0.2, 0) is 6.61 Å². The molecule has 1 aromatic carbocycles. The molecule has 2 aromatic heterocycles. The molecule has 0 aliphatic rings. The first kappa shape index (κ1) is 13.9. The van der Waals surface area contributed by atoms with Gasteiger partial charge in [0.1, 0.15) is 10.9 Å². The number of nitrogens with zero attached hydrogens (tertiary/aromatic N) is 3. The van der Waals surface area contributed by atoms with Gasteiger partial charge in [-0.25, -0.2) is 4.98 Å². The third-order valence-electron chi connectivity index (χ3n) is 2.61. The molecule has 3 rings (SSSR count). The van der Waals surface area contributed by atoms with Gasteiger partial charge in [0, 0.05) is 16.8 Å². The molecule has 7 heteroatoms. The van der Waals surface area contributed by atoms with Gasteiger partial charge in [0.05, 0.1) is 0 Å². The van der Waals surface area contributed by atoms with E-state index in [-0.39, 0.29) is 6.61 Å². The van der Waals surface area contributed by atoms with Crippen molar-refractivity contribution in [3.8, 4) is 17.2 Å². The summed E-state index contributed by atoms with van der Waals surface area (Å²) in [6.45, 7) is 0.183. The maximum absolute atomic E-state index is 5.88. The van der Waals surface area contributed by atoms with Gasteiger partial charge in [-0.2, -0.15) is 4.98 Å². The number of pyridine rings is 1. The lowest BCUT2D eigenvalue weighted by Crippen LogP contribution is -1.97. The molecule has 0 aliphatic carbocycles. The third kappa shape index (κ3) is 3.51. The normalized spacial score (nSPS) is 10.6. The summed E-state index contributed by atoms with van der Waals surface area (Å²) < 4.78 is 10.7. The molecule has 2 heterocycles. The first-order valence-electron chi connectivity index (χ1n) is 6.03. The van der Waals surface area contributed by atoms with Crippen LogP contribution in [0.15, 0.2) is 47.1 Å². The van der Waals surface area contributed by atoms with E-state index in [1.807, 2.05) is 0 Å². The molecule has 0 aliphatic heterocycles. The van der Waals surface area contributed by atoms with Crippen molar-refractivity contribution in [2.45, 2.75) is 6.61 Å². The van der Waals surface area contributed by atoms with Crippen LogP contribution in [0, 0.1) is 0 Å². The monoisotopic (exact) mass is 321 g/mol. The van der Waals surface area contributed by atoms with E-state index in [1.165, 1.54) is 0 Å². The standard InChI is InChI=1S/C14H9Cl2N3O2/c15-10-2-1-3-11(7-10)20-8-13-18-14(21-19-13)9-4-5-17-12(16)6-9/h1-7H,8H2. The van der Waals surface area contributed by atoms with Gasteiger partial charge in [-0.3, -0.25) is 0 Å². The molecule has 0 fully saturated rings. The van der Waals surface area contributed by atoms with Crippen LogP contribution in [0.25, 0.3) is 11.5 Å². The Morgan fingerprint density at radius 2 is 2.05 bits per heavy atom. The first-order valence-corrected chi connectivity index (χ1v) is 6.79. The number of ether oxygens (including phenoxy) is 1. The Morgan fingerprint density at radius 3 is 2.86 bits per heavy atom. The smallest absolute Gasteiger partial charge is 0.258 e. The Labute approximate surface area is 130 Å². The van der Waals surface area contributed by atoms with Gasteiger partial charge in [0.2, 0.25) is 5.82 Å². The molecular weight excluding hydrogens is 313 g/mol. The average Bonchev–Trinajstić information content (AvgIpc) is 2.94. The molecule has 0 unspecified atom stereocenters. The highest BCUT2D eigenvalue weighted by molar-refractivity contribution is 6.30. The molecule has 0 N–H and O–H groups in total. The zero-order valence-electron chi connectivity index (χ0n) is 10.7. The Bertz CT molecular complexity index is 761. The lowest BCUT2D eigenvalue weighted by molar-refractivity contribution is 0.287. The zero-order valence-corrected chi connectivity index (χ0v) is 12.2. The summed E-state index contributed by atoms with van der Waals surface area (Å²) in [5.41, 5.74) is 0.705. The highest BCUT2D eigenvalue weighted by Gasteiger charge is 2.10. The molecule has 0 saturated heterocycles. The lowest BCUT2D eigenvalue weighted by Gasteiger charge is -2.02. The van der Waals surface area contributed by atoms with Gasteiger partial charge in [-0.15, -0.1) is 0 Å². The fraction of sp³-hybridized carbons (Fsp3) is 0.0714. The predicted octanol–water partition coefficient (Wildman–Crippen LogP) is 4.02. The molecule has 3 aromatic rings. The molecule has 0 amide bonds. The minimum Gasteiger partial charge on any atom is -0.485 e. The number of hydrogen-bond acceptors (Lipinski definition) is 5. The van der Waals surface area contributed by atoms with Crippen molar-refractivity contribution >= 4 is 23.2 Å². The van der Waals surface area contributed by atoms with E-state index >= 15 is 0 Å². The Kier molecular flexibility index (Phi) is 4.03. The van der Waals surface area contributed by atoms with Crippen molar-refractivity contribution in [3.63, 3.8) is 0 Å². The minimum absolute atomic E-state index is 0.183. The number of rotatable bonds is 4. The topological polar surface area (TPSA) is 61.0 Å². The molecule has 0 spiro atoms. The molecule has 0 radical (unpaired) electrons. The predicted molar refractivity (Wildman–Crippen MR) is 78.3 cm³/mol. The quantitative estimate of drug-likeness (QED) is 0.679. The molecule has 0 atom stereocenters. The summed E-state index contributed by atoms with van der Waals surface area (Å²) in [6.07, 6.45) is 1.57. The molecule has 0 saturated carbocycles. The maximum atomic E-state index is 5.88. The van der Waals surface area contributed by atoms with Gasteiger partial charge in [0.25, 0.3) is 5.89 Å². The summed E-state index contributed by atoms with van der Waals surface area (Å²) in [6, 6.07) is 10.5. The number of halogens is 2. The molecule has 5 nitrogen and oxygen atoms in total. The molecular formula is C14H9Cl2N3O2. The summed E-state index contributed by atoms with van der Waals surface area (Å²) in [5, 5.41) is 4.82. The van der Waals surface area contributed by atoms with Crippen molar-refractivity contribution < 1.29 is 9.26 Å². The number of aromatic nitrogens is 3. The zero-order chi connectivity index (χ0) is 14.7. The van der Waals surface area contributed by atoms with Crippen LogP contribution < -0.4 is 4.74 Å². The van der Waals surface area contributed by atoms with Crippen LogP contribution >= 0.6 is 23.2 Å². The van der Waals surface area contributed by atoms with Crippen LogP contribution in [0.2, 0.25) is 10.2 Å². The van der Waals surface area contributed by atoms with E-state index in [4.69, 9.17) is 32.5 Å². The lowest BCUT2D eigenvalue weighted by atomic mass is 10.3.